The first-order valence-corrected chi connectivity index (χ1v) is 10.3. The molecule has 6 rings (SSSR count). The van der Waals surface area contributed by atoms with Crippen LogP contribution in [-0.4, -0.2) is 36.8 Å². The summed E-state index contributed by atoms with van der Waals surface area (Å²) in [5, 5.41) is 11.2. The Hall–Kier alpha value is -3.62. The number of fused-ring (bicyclic) bond motifs is 1. The Balaban J connectivity index is 1.26. The minimum Gasteiger partial charge on any atom is -0.339 e. The van der Waals surface area contributed by atoms with Crippen LogP contribution in [-0.2, 0) is 0 Å². The van der Waals surface area contributed by atoms with Gasteiger partial charge in [-0.05, 0) is 37.8 Å². The van der Waals surface area contributed by atoms with Crippen molar-refractivity contribution < 1.29 is 13.7 Å². The van der Waals surface area contributed by atoms with Crippen molar-refractivity contribution in [2.24, 2.45) is 0 Å². The average Bonchev–Trinajstić information content (AvgIpc) is 3.65. The van der Waals surface area contributed by atoms with Gasteiger partial charge in [0.05, 0.1) is 41.3 Å². The summed E-state index contributed by atoms with van der Waals surface area (Å²) < 4.78 is 20.2. The predicted octanol–water partition coefficient (Wildman–Crippen LogP) is 4.04. The molecule has 0 radical (unpaired) electrons. The summed E-state index contributed by atoms with van der Waals surface area (Å²) in [6.45, 7) is 1.90. The summed E-state index contributed by atoms with van der Waals surface area (Å²) in [7, 11) is 0. The minimum atomic E-state index is -0.901. The van der Waals surface area contributed by atoms with Gasteiger partial charge in [-0.2, -0.15) is 10.1 Å². The van der Waals surface area contributed by atoms with E-state index in [4.69, 9.17) is 4.52 Å². The molecule has 3 heterocycles. The van der Waals surface area contributed by atoms with Gasteiger partial charge < -0.3 is 9.84 Å². The first-order chi connectivity index (χ1) is 15.1. The molecule has 8 nitrogen and oxygen atoms in total. The third kappa shape index (κ3) is 3.26. The van der Waals surface area contributed by atoms with Crippen molar-refractivity contribution in [1.82, 2.24) is 24.7 Å². The van der Waals surface area contributed by atoms with Crippen LogP contribution in [0, 0.1) is 6.92 Å². The lowest BCUT2D eigenvalue weighted by Crippen LogP contribution is -2.13. The molecule has 2 aliphatic rings. The van der Waals surface area contributed by atoms with E-state index in [9.17, 15) is 9.18 Å². The molecule has 2 atom stereocenters. The van der Waals surface area contributed by atoms with Gasteiger partial charge in [0.25, 0.3) is 5.91 Å². The molecular formula is C22H19FN6O2. The number of aromatic nitrogens is 5. The molecule has 1 aromatic carbocycles. The summed E-state index contributed by atoms with van der Waals surface area (Å²) in [4.78, 5) is 21.8. The number of benzene rings is 1. The Morgan fingerprint density at radius 3 is 2.90 bits per heavy atom. The highest BCUT2D eigenvalue weighted by molar-refractivity contribution is 6.09. The molecule has 0 saturated heterocycles. The summed E-state index contributed by atoms with van der Waals surface area (Å²) in [6, 6.07) is 5.50. The zero-order valence-corrected chi connectivity index (χ0v) is 16.7. The lowest BCUT2D eigenvalue weighted by Gasteiger charge is -2.09. The van der Waals surface area contributed by atoms with E-state index in [1.54, 1.807) is 23.0 Å². The van der Waals surface area contributed by atoms with Crippen LogP contribution in [0.4, 0.5) is 10.1 Å². The van der Waals surface area contributed by atoms with Crippen LogP contribution < -0.4 is 5.32 Å². The van der Waals surface area contributed by atoms with E-state index in [1.165, 1.54) is 0 Å². The Labute approximate surface area is 176 Å². The quantitative estimate of drug-likeness (QED) is 0.525. The number of nitrogens with zero attached hydrogens (tertiary/aromatic N) is 5. The fourth-order valence-electron chi connectivity index (χ4n) is 3.67. The zero-order chi connectivity index (χ0) is 21.1. The van der Waals surface area contributed by atoms with Crippen molar-refractivity contribution in [1.29, 1.82) is 0 Å². The molecule has 2 aliphatic carbocycles. The monoisotopic (exact) mass is 418 g/mol. The molecule has 1 N–H and O–H groups in total. The van der Waals surface area contributed by atoms with E-state index < -0.39 is 6.17 Å². The van der Waals surface area contributed by atoms with Crippen molar-refractivity contribution in [2.75, 3.05) is 5.32 Å². The topological polar surface area (TPSA) is 98.2 Å². The van der Waals surface area contributed by atoms with E-state index in [0.717, 1.165) is 24.1 Å². The van der Waals surface area contributed by atoms with Crippen molar-refractivity contribution in [3.8, 4) is 11.4 Å². The Morgan fingerprint density at radius 1 is 1.29 bits per heavy atom. The molecule has 2 saturated carbocycles. The Morgan fingerprint density at radius 2 is 2.13 bits per heavy atom. The number of nitrogens with one attached hydrogen (secondary N) is 1. The highest BCUT2D eigenvalue weighted by Gasteiger charge is 2.43. The number of carbonyl (C=O) groups is 1. The Bertz CT molecular complexity index is 1320. The summed E-state index contributed by atoms with van der Waals surface area (Å²) in [5.74, 6) is 0.631. The zero-order valence-electron chi connectivity index (χ0n) is 16.7. The Kier molecular flexibility index (Phi) is 3.92. The van der Waals surface area contributed by atoms with Crippen molar-refractivity contribution in [2.45, 2.75) is 44.2 Å². The molecule has 0 aliphatic heterocycles. The molecule has 4 aromatic rings. The number of hydrogen-bond acceptors (Lipinski definition) is 6. The van der Waals surface area contributed by atoms with Gasteiger partial charge in [0, 0.05) is 17.2 Å². The van der Waals surface area contributed by atoms with Gasteiger partial charge in [-0.25, -0.2) is 8.91 Å². The van der Waals surface area contributed by atoms with Crippen LogP contribution in [0.2, 0.25) is 0 Å². The predicted molar refractivity (Wildman–Crippen MR) is 110 cm³/mol. The molecule has 1 amide bonds. The molecule has 0 spiro atoms. The molecule has 0 bridgehead atoms. The molecule has 3 aromatic heterocycles. The van der Waals surface area contributed by atoms with Crippen molar-refractivity contribution >= 4 is 17.1 Å². The lowest BCUT2D eigenvalue weighted by molar-refractivity contribution is 0.102. The summed E-state index contributed by atoms with van der Waals surface area (Å²) in [6.07, 6.45) is 6.98. The number of anilines is 1. The van der Waals surface area contributed by atoms with Crippen LogP contribution >= 0.6 is 0 Å². The van der Waals surface area contributed by atoms with E-state index in [1.807, 2.05) is 25.3 Å². The number of amides is 1. The smallest absolute Gasteiger partial charge is 0.259 e. The van der Waals surface area contributed by atoms with Gasteiger partial charge in [0.15, 0.2) is 0 Å². The second-order valence-corrected chi connectivity index (χ2v) is 8.27. The van der Waals surface area contributed by atoms with Gasteiger partial charge >= 0.3 is 0 Å². The highest BCUT2D eigenvalue weighted by atomic mass is 19.1. The third-order valence-electron chi connectivity index (χ3n) is 5.88. The first-order valence-electron chi connectivity index (χ1n) is 10.3. The van der Waals surface area contributed by atoms with Gasteiger partial charge in [-0.15, -0.1) is 0 Å². The van der Waals surface area contributed by atoms with Crippen LogP contribution in [0.5, 0.6) is 0 Å². The maximum atomic E-state index is 13.3. The second-order valence-electron chi connectivity index (χ2n) is 8.27. The fraction of sp³-hybridized carbons (Fsp3) is 0.318. The molecule has 2 fully saturated rings. The maximum absolute atomic E-state index is 13.3. The van der Waals surface area contributed by atoms with Crippen LogP contribution in [0.3, 0.4) is 0 Å². The molecule has 9 heteroatoms. The number of rotatable bonds is 5. The fourth-order valence-corrected chi connectivity index (χ4v) is 3.67. The third-order valence-corrected chi connectivity index (χ3v) is 5.88. The largest absolute Gasteiger partial charge is 0.339 e. The van der Waals surface area contributed by atoms with Gasteiger partial charge in [0.1, 0.15) is 6.17 Å². The van der Waals surface area contributed by atoms with E-state index >= 15 is 0 Å². The SMILES string of the molecule is Cc1ccc(-c2noc([C@H]3C[C@@H]3F)n2)cc1NC(=O)c1cnn2cc(C3CC3)ncc12. The number of alkyl halides is 1. The minimum absolute atomic E-state index is 0.275. The molecule has 156 valence electrons. The van der Waals surface area contributed by atoms with E-state index in [2.05, 4.69) is 25.5 Å². The van der Waals surface area contributed by atoms with Crippen LogP contribution in [0.1, 0.15) is 58.6 Å². The molecule has 31 heavy (non-hydrogen) atoms. The number of hydrogen-bond donors (Lipinski definition) is 1. The van der Waals surface area contributed by atoms with Crippen LogP contribution in [0.15, 0.2) is 41.3 Å². The van der Waals surface area contributed by atoms with Crippen LogP contribution in [0.25, 0.3) is 16.9 Å². The van der Waals surface area contributed by atoms with Gasteiger partial charge in [0.2, 0.25) is 11.7 Å². The first kappa shape index (κ1) is 18.2. The number of aryl methyl sites for hydroxylation is 1. The highest BCUT2D eigenvalue weighted by Crippen LogP contribution is 2.43. The van der Waals surface area contributed by atoms with E-state index in [-0.39, 0.29) is 11.8 Å². The second kappa shape index (κ2) is 6.69. The molecule has 0 unspecified atom stereocenters. The van der Waals surface area contributed by atoms with E-state index in [0.29, 0.717) is 46.4 Å². The van der Waals surface area contributed by atoms with Gasteiger partial charge in [-0.1, -0.05) is 17.3 Å². The maximum Gasteiger partial charge on any atom is 0.259 e. The lowest BCUT2D eigenvalue weighted by atomic mass is 10.1. The van der Waals surface area contributed by atoms with Gasteiger partial charge in [-0.3, -0.25) is 9.78 Å². The number of halogens is 1. The van der Waals surface area contributed by atoms with Crippen molar-refractivity contribution in [3.05, 3.63) is 59.5 Å². The summed E-state index contributed by atoms with van der Waals surface area (Å²) >= 11 is 0. The normalized spacial score (nSPS) is 20.2. The van der Waals surface area contributed by atoms with Crippen molar-refractivity contribution in [3.63, 3.8) is 0 Å². The standard InChI is InChI=1S/C22H19FN6O2/c1-11-2-3-13(20-27-22(31-28-20)14-7-16(14)23)6-17(11)26-21(30)15-8-25-29-10-18(12-4-5-12)24-9-19(15)29/h2-3,6,8-10,12,14,16H,4-5,7H2,1H3,(H,26,30)/t14-,16-/m0/s1. The average molecular weight is 418 g/mol. The molecular weight excluding hydrogens is 399 g/mol. The number of carbonyl (C=O) groups excluding carboxylic acids is 1. The summed E-state index contributed by atoms with van der Waals surface area (Å²) in [5.41, 5.74) is 4.31.